The number of rotatable bonds is 12. The topological polar surface area (TPSA) is 348 Å². The molecule has 4 rings (SSSR count). The van der Waals surface area contributed by atoms with E-state index in [1.165, 1.54) is 0 Å². The highest BCUT2D eigenvalue weighted by Crippen LogP contribution is 2.40. The number of aliphatic hydroxyl groups is 14. The van der Waals surface area contributed by atoms with E-state index in [9.17, 15) is 71.5 Å². The molecule has 0 aromatic carbocycles. The van der Waals surface area contributed by atoms with E-state index in [1.54, 1.807) is 0 Å². The van der Waals surface area contributed by atoms with E-state index in [2.05, 4.69) is 0 Å². The first kappa shape index (κ1) is 37.0. The Morgan fingerprint density at radius 3 is 1.49 bits per heavy atom. The molecule has 21 nitrogen and oxygen atoms in total. The summed E-state index contributed by atoms with van der Waals surface area (Å²) in [4.78, 5) is 0. The van der Waals surface area contributed by atoms with Gasteiger partial charge in [-0.1, -0.05) is 0 Å². The van der Waals surface area contributed by atoms with Crippen LogP contribution in [0.5, 0.6) is 0 Å². The number of aliphatic hydroxyl groups excluding tert-OH is 14. The molecular weight excluding hydrogens is 624 g/mol. The molecule has 0 aromatic heterocycles. The molecule has 0 saturated carbocycles. The third-order valence-corrected chi connectivity index (χ3v) is 8.39. The van der Waals surface area contributed by atoms with Gasteiger partial charge in [-0.2, -0.15) is 0 Å². The predicted molar refractivity (Wildman–Crippen MR) is 134 cm³/mol. The molecule has 18 atom stereocenters. The van der Waals surface area contributed by atoms with Crippen molar-refractivity contribution in [3.8, 4) is 0 Å². The minimum atomic E-state index is -2.63. The monoisotopic (exact) mass is 666 g/mol. The fraction of sp³-hybridized carbons (Fsp3) is 1.00. The van der Waals surface area contributed by atoms with Crippen molar-refractivity contribution in [3.63, 3.8) is 0 Å². The second kappa shape index (κ2) is 14.7. The zero-order valence-electron chi connectivity index (χ0n) is 23.6. The van der Waals surface area contributed by atoms with Crippen molar-refractivity contribution < 1.29 is 105 Å². The fourth-order valence-electron chi connectivity index (χ4n) is 5.63. The van der Waals surface area contributed by atoms with Crippen molar-refractivity contribution in [3.05, 3.63) is 0 Å². The second-order valence-corrected chi connectivity index (χ2v) is 11.2. The van der Waals surface area contributed by atoms with Crippen LogP contribution >= 0.6 is 0 Å². The molecule has 45 heavy (non-hydrogen) atoms. The Balaban J connectivity index is 1.55. The first-order valence-corrected chi connectivity index (χ1v) is 14.0. The second-order valence-electron chi connectivity index (χ2n) is 11.2. The van der Waals surface area contributed by atoms with Gasteiger partial charge in [0.1, 0.15) is 98.7 Å². The van der Waals surface area contributed by atoms with Crippen LogP contribution in [0.1, 0.15) is 0 Å². The van der Waals surface area contributed by atoms with Gasteiger partial charge in [0.2, 0.25) is 11.6 Å². The van der Waals surface area contributed by atoms with Crippen LogP contribution in [0, 0.1) is 0 Å². The minimum absolute atomic E-state index is 0.801. The molecule has 0 spiro atoms. The highest BCUT2D eigenvalue weighted by atomic mass is 16.8. The normalized spacial score (nSPS) is 52.4. The lowest BCUT2D eigenvalue weighted by atomic mass is 9.96. The van der Waals surface area contributed by atoms with Gasteiger partial charge in [-0.05, 0) is 0 Å². The van der Waals surface area contributed by atoms with Crippen LogP contribution in [-0.2, 0) is 33.2 Å². The maximum Gasteiger partial charge on any atom is 0.224 e. The van der Waals surface area contributed by atoms with Gasteiger partial charge in [0.25, 0.3) is 0 Å². The smallest absolute Gasteiger partial charge is 0.224 e. The molecule has 0 radical (unpaired) electrons. The van der Waals surface area contributed by atoms with Crippen LogP contribution in [0.4, 0.5) is 0 Å². The Morgan fingerprint density at radius 2 is 0.978 bits per heavy atom. The maximum absolute atomic E-state index is 10.9. The summed E-state index contributed by atoms with van der Waals surface area (Å²) in [6, 6.07) is 0. The molecule has 4 heterocycles. The van der Waals surface area contributed by atoms with Gasteiger partial charge in [-0.25, -0.2) is 0 Å². The van der Waals surface area contributed by atoms with Crippen LogP contribution in [0.3, 0.4) is 0 Å². The van der Waals surface area contributed by atoms with Crippen molar-refractivity contribution >= 4 is 0 Å². The van der Waals surface area contributed by atoms with Crippen LogP contribution in [0.15, 0.2) is 0 Å². The van der Waals surface area contributed by atoms with Crippen molar-refractivity contribution in [2.75, 3.05) is 39.6 Å². The van der Waals surface area contributed by atoms with Crippen LogP contribution in [0.25, 0.3) is 0 Å². The number of hydrogen-bond acceptors (Lipinski definition) is 21. The van der Waals surface area contributed by atoms with E-state index in [1.807, 2.05) is 0 Å². The Bertz CT molecular complexity index is 945. The number of ether oxygens (including phenoxy) is 7. The summed E-state index contributed by atoms with van der Waals surface area (Å²) in [5.41, 5.74) is 0. The average molecular weight is 667 g/mol. The highest BCUT2D eigenvalue weighted by Gasteiger charge is 2.62. The largest absolute Gasteiger partial charge is 0.394 e. The lowest BCUT2D eigenvalue weighted by Crippen LogP contribution is -2.66. The van der Waals surface area contributed by atoms with E-state index >= 15 is 0 Å². The molecule has 0 unspecified atom stereocenters. The van der Waals surface area contributed by atoms with Gasteiger partial charge in [0, 0.05) is 0 Å². The molecule has 0 aliphatic carbocycles. The van der Waals surface area contributed by atoms with E-state index < -0.39 is 149 Å². The molecule has 0 bridgehead atoms. The van der Waals surface area contributed by atoms with Gasteiger partial charge in [-0.15, -0.1) is 0 Å². The van der Waals surface area contributed by atoms with Gasteiger partial charge >= 0.3 is 0 Å². The lowest BCUT2D eigenvalue weighted by Gasteiger charge is -2.47. The Morgan fingerprint density at radius 1 is 0.489 bits per heavy atom. The molecule has 4 aliphatic heterocycles. The summed E-state index contributed by atoms with van der Waals surface area (Å²) in [5.74, 6) is -5.06. The molecule has 14 N–H and O–H groups in total. The molecule has 4 fully saturated rings. The summed E-state index contributed by atoms with van der Waals surface area (Å²) in [5, 5.41) is 143. The lowest BCUT2D eigenvalue weighted by molar-refractivity contribution is -0.409. The zero-order valence-corrected chi connectivity index (χ0v) is 23.6. The Hall–Kier alpha value is -0.840. The first-order valence-electron chi connectivity index (χ1n) is 14.0. The Kier molecular flexibility index (Phi) is 12.1. The molecule has 4 aliphatic rings. The highest BCUT2D eigenvalue weighted by molar-refractivity contribution is 5.02. The predicted octanol–water partition coefficient (Wildman–Crippen LogP) is -9.75. The molecule has 0 aromatic rings. The van der Waals surface area contributed by atoms with Crippen LogP contribution in [-0.4, -0.2) is 221 Å². The standard InChI is InChI=1S/C24H42O21/c25-1-7-11(30)14(33)16(35)21(40-7)42-18-10(4-28)41-22(17(36)15(18)34)45-24(20(38)13(32)9(3-27)44-24)6-39-23(5-29)19(37)12(31)8(2-26)43-23/h7-22,25-38H,1-6H2/t7-,8-,9-,10-,11+,12-,13-,14+,15-,16-,17-,18-,19+,20+,21+,22-,23-,24+/m1/s1. The van der Waals surface area contributed by atoms with Crippen molar-refractivity contribution in [2.24, 2.45) is 0 Å². The maximum atomic E-state index is 10.9. The van der Waals surface area contributed by atoms with Gasteiger partial charge in [-0.3, -0.25) is 0 Å². The zero-order chi connectivity index (χ0) is 33.4. The van der Waals surface area contributed by atoms with Crippen LogP contribution in [0.2, 0.25) is 0 Å². The van der Waals surface area contributed by atoms with Crippen molar-refractivity contribution in [1.82, 2.24) is 0 Å². The summed E-state index contributed by atoms with van der Waals surface area (Å²) in [6.07, 6.45) is -28.9. The number of hydrogen-bond donors (Lipinski definition) is 14. The fourth-order valence-corrected chi connectivity index (χ4v) is 5.63. The molecule has 0 amide bonds. The van der Waals surface area contributed by atoms with Crippen LogP contribution < -0.4 is 0 Å². The van der Waals surface area contributed by atoms with Gasteiger partial charge in [0.15, 0.2) is 12.6 Å². The van der Waals surface area contributed by atoms with E-state index in [4.69, 9.17) is 33.2 Å². The third-order valence-electron chi connectivity index (χ3n) is 8.39. The van der Waals surface area contributed by atoms with Gasteiger partial charge < -0.3 is 105 Å². The van der Waals surface area contributed by atoms with E-state index in [0.717, 1.165) is 0 Å². The summed E-state index contributed by atoms with van der Waals surface area (Å²) >= 11 is 0. The summed E-state index contributed by atoms with van der Waals surface area (Å²) in [6.45, 7) is -5.64. The minimum Gasteiger partial charge on any atom is -0.394 e. The first-order chi connectivity index (χ1) is 21.2. The Labute approximate surface area is 254 Å². The molecule has 21 heteroatoms. The average Bonchev–Trinajstić information content (AvgIpc) is 3.43. The molecule has 4 saturated heterocycles. The van der Waals surface area contributed by atoms with Crippen molar-refractivity contribution in [2.45, 2.75) is 110 Å². The SMILES string of the molecule is OC[C@H]1O[C@@H](O[C@H]2[C@H](O)[C@@H](O)[C@@H](O[C@]3(CO[C@]4(CO)O[C@H](CO)[C@@H](O)[C@@H]4O)O[C@H](CO)[C@@H](O)[C@@H]3O)O[C@@H]2CO)[C@H](O)[C@@H](O)[C@H]1O. The third kappa shape index (κ3) is 6.74. The van der Waals surface area contributed by atoms with Crippen molar-refractivity contribution in [1.29, 1.82) is 0 Å². The summed E-state index contributed by atoms with van der Waals surface area (Å²) in [7, 11) is 0. The summed E-state index contributed by atoms with van der Waals surface area (Å²) < 4.78 is 38.3. The van der Waals surface area contributed by atoms with E-state index in [0.29, 0.717) is 0 Å². The van der Waals surface area contributed by atoms with Gasteiger partial charge in [0.05, 0.1) is 26.4 Å². The quantitative estimate of drug-likeness (QED) is 0.0919. The van der Waals surface area contributed by atoms with E-state index in [-0.39, 0.29) is 0 Å². The molecular formula is C24H42O21. The molecule has 264 valence electrons.